The lowest BCUT2D eigenvalue weighted by Gasteiger charge is -2.36. The zero-order chi connectivity index (χ0) is 9.41. The highest BCUT2D eigenvalue weighted by molar-refractivity contribution is 7.40. The molecule has 0 aromatic rings. The second-order valence-electron chi connectivity index (χ2n) is 5.31. The molecule has 1 saturated heterocycles. The van der Waals surface area contributed by atoms with E-state index in [0.717, 1.165) is 12.8 Å². The van der Waals surface area contributed by atoms with Gasteiger partial charge in [-0.25, -0.2) is 0 Å². The summed E-state index contributed by atoms with van der Waals surface area (Å²) in [5.41, 5.74) is 0. The minimum absolute atomic E-state index is 0.522. The van der Waals surface area contributed by atoms with E-state index in [4.69, 9.17) is 0 Å². The van der Waals surface area contributed by atoms with Crippen LogP contribution in [0.15, 0.2) is 0 Å². The van der Waals surface area contributed by atoms with Crippen molar-refractivity contribution in [3.8, 4) is 0 Å². The molecular weight excluding hydrogens is 180 g/mol. The molecule has 0 aromatic heterocycles. The molecule has 0 unspecified atom stereocenters. The lowest BCUT2D eigenvalue weighted by molar-refractivity contribution is -0.118. The largest absolute Gasteiger partial charge is 0.300 e. The SMILES string of the molecule is C[Si]1(C)CCC(=O)CC[Si]1(C)C. The Morgan fingerprint density at radius 3 is 1.58 bits per heavy atom. The Morgan fingerprint density at radius 2 is 1.25 bits per heavy atom. The van der Waals surface area contributed by atoms with Crippen molar-refractivity contribution in [2.45, 2.75) is 51.1 Å². The van der Waals surface area contributed by atoms with Gasteiger partial charge in [-0.1, -0.05) is 38.3 Å². The van der Waals surface area contributed by atoms with Crippen molar-refractivity contribution in [3.05, 3.63) is 0 Å². The van der Waals surface area contributed by atoms with Crippen LogP contribution in [0.3, 0.4) is 0 Å². The summed E-state index contributed by atoms with van der Waals surface area (Å²) in [6.45, 7) is 9.94. The summed E-state index contributed by atoms with van der Waals surface area (Å²) in [5.74, 6) is 0.522. The van der Waals surface area contributed by atoms with Crippen LogP contribution in [0.5, 0.6) is 0 Å². The molecule has 3 heteroatoms. The van der Waals surface area contributed by atoms with Crippen molar-refractivity contribution in [1.29, 1.82) is 0 Å². The number of rotatable bonds is 0. The topological polar surface area (TPSA) is 17.1 Å². The summed E-state index contributed by atoms with van der Waals surface area (Å²) >= 11 is 0. The van der Waals surface area contributed by atoms with Crippen LogP contribution < -0.4 is 0 Å². The van der Waals surface area contributed by atoms with Crippen molar-refractivity contribution in [3.63, 3.8) is 0 Å². The zero-order valence-corrected chi connectivity index (χ0v) is 10.7. The summed E-state index contributed by atoms with van der Waals surface area (Å²) in [7, 11) is -1.98. The Balaban J connectivity index is 2.81. The second-order valence-corrected chi connectivity index (χ2v) is 22.0. The third kappa shape index (κ3) is 1.88. The average molecular weight is 200 g/mol. The number of carbonyl (C=O) groups excluding carboxylic acids is 1. The maximum absolute atomic E-state index is 11.3. The van der Waals surface area contributed by atoms with Gasteiger partial charge in [0.05, 0.1) is 0 Å². The van der Waals surface area contributed by atoms with E-state index in [2.05, 4.69) is 26.2 Å². The molecule has 1 aliphatic rings. The number of ketones is 1. The van der Waals surface area contributed by atoms with Crippen LogP contribution in [0.1, 0.15) is 12.8 Å². The quantitative estimate of drug-likeness (QED) is 0.550. The Morgan fingerprint density at radius 1 is 0.917 bits per heavy atom. The van der Waals surface area contributed by atoms with Crippen molar-refractivity contribution >= 4 is 21.0 Å². The predicted molar refractivity (Wildman–Crippen MR) is 58.8 cm³/mol. The van der Waals surface area contributed by atoms with E-state index in [1.807, 2.05) is 0 Å². The van der Waals surface area contributed by atoms with E-state index in [-0.39, 0.29) is 0 Å². The van der Waals surface area contributed by atoms with E-state index in [1.54, 1.807) is 0 Å². The van der Waals surface area contributed by atoms with Crippen LogP contribution in [-0.2, 0) is 4.79 Å². The van der Waals surface area contributed by atoms with Gasteiger partial charge < -0.3 is 0 Å². The highest BCUT2D eigenvalue weighted by atomic mass is 29.3. The molecule has 0 amide bonds. The van der Waals surface area contributed by atoms with Crippen LogP contribution >= 0.6 is 0 Å². The monoisotopic (exact) mass is 200 g/mol. The fourth-order valence-electron chi connectivity index (χ4n) is 1.71. The van der Waals surface area contributed by atoms with Gasteiger partial charge in [-0.05, 0) is 0 Å². The van der Waals surface area contributed by atoms with Gasteiger partial charge >= 0.3 is 0 Å². The normalized spacial score (nSPS) is 28.2. The molecule has 0 spiro atoms. The van der Waals surface area contributed by atoms with Gasteiger partial charge in [0.15, 0.2) is 0 Å². The van der Waals surface area contributed by atoms with Crippen LogP contribution in [0.4, 0.5) is 0 Å². The van der Waals surface area contributed by atoms with Crippen molar-refractivity contribution < 1.29 is 4.79 Å². The molecule has 0 bridgehead atoms. The minimum atomic E-state index is -0.992. The molecule has 0 radical (unpaired) electrons. The minimum Gasteiger partial charge on any atom is -0.300 e. The first-order chi connectivity index (χ1) is 5.35. The third-order valence-corrected chi connectivity index (χ3v) is 23.0. The van der Waals surface area contributed by atoms with Gasteiger partial charge in [0.2, 0.25) is 0 Å². The Bertz CT molecular complexity index is 177. The summed E-state index contributed by atoms with van der Waals surface area (Å²) in [4.78, 5) is 11.3. The lowest BCUT2D eigenvalue weighted by atomic mass is 10.2. The highest BCUT2D eigenvalue weighted by Crippen LogP contribution is 2.32. The van der Waals surface area contributed by atoms with Crippen LogP contribution in [-0.4, -0.2) is 21.0 Å². The fourth-order valence-corrected chi connectivity index (χ4v) is 9.68. The smallest absolute Gasteiger partial charge is 0.132 e. The van der Waals surface area contributed by atoms with Crippen molar-refractivity contribution in [2.75, 3.05) is 0 Å². The van der Waals surface area contributed by atoms with Gasteiger partial charge in [-0.3, -0.25) is 4.79 Å². The van der Waals surface area contributed by atoms with Crippen LogP contribution in [0.2, 0.25) is 38.3 Å². The summed E-state index contributed by atoms with van der Waals surface area (Å²) in [5, 5.41) is 0. The average Bonchev–Trinajstić information content (AvgIpc) is 2.02. The zero-order valence-electron chi connectivity index (χ0n) is 8.74. The van der Waals surface area contributed by atoms with E-state index in [1.165, 1.54) is 12.1 Å². The first-order valence-electron chi connectivity index (χ1n) is 4.87. The fraction of sp³-hybridized carbons (Fsp3) is 0.889. The standard InChI is InChI=1S/C9H20OSi2/c1-11(2)7-5-9(10)6-8-12(11,3)4/h5-8H2,1-4H3. The number of hydrogen-bond donors (Lipinski definition) is 0. The summed E-state index contributed by atoms with van der Waals surface area (Å²) in [6.07, 6.45) is 1.77. The van der Waals surface area contributed by atoms with E-state index < -0.39 is 15.2 Å². The third-order valence-electron chi connectivity index (χ3n) is 3.89. The second kappa shape index (κ2) is 3.11. The van der Waals surface area contributed by atoms with Gasteiger partial charge in [0.25, 0.3) is 0 Å². The molecule has 1 heterocycles. The Kier molecular flexibility index (Phi) is 2.64. The number of Topliss-reactive ketones (excluding diaryl/α,β-unsaturated/α-hetero) is 1. The first-order valence-corrected chi connectivity index (χ1v) is 12.3. The van der Waals surface area contributed by atoms with Gasteiger partial charge in [0.1, 0.15) is 5.78 Å². The van der Waals surface area contributed by atoms with Crippen molar-refractivity contribution in [1.82, 2.24) is 0 Å². The summed E-state index contributed by atoms with van der Waals surface area (Å²) < 4.78 is 0. The van der Waals surface area contributed by atoms with Crippen LogP contribution in [0.25, 0.3) is 0 Å². The Hall–Kier alpha value is 0.104. The first kappa shape index (κ1) is 10.2. The Labute approximate surface area is 77.4 Å². The molecule has 1 rings (SSSR count). The molecule has 1 fully saturated rings. The number of carbonyl (C=O) groups is 1. The number of hydrogen-bond acceptors (Lipinski definition) is 1. The molecule has 1 nitrogen and oxygen atoms in total. The van der Waals surface area contributed by atoms with Gasteiger partial charge in [-0.2, -0.15) is 0 Å². The molecule has 1 aliphatic heterocycles. The lowest BCUT2D eigenvalue weighted by Crippen LogP contribution is -2.53. The maximum Gasteiger partial charge on any atom is 0.132 e. The molecule has 12 heavy (non-hydrogen) atoms. The molecule has 0 N–H and O–H groups in total. The molecule has 0 aromatic carbocycles. The molecule has 70 valence electrons. The van der Waals surface area contributed by atoms with Gasteiger partial charge in [-0.15, -0.1) is 0 Å². The van der Waals surface area contributed by atoms with E-state index >= 15 is 0 Å². The molecular formula is C9H20OSi2. The van der Waals surface area contributed by atoms with Crippen molar-refractivity contribution in [2.24, 2.45) is 0 Å². The molecule has 0 aliphatic carbocycles. The van der Waals surface area contributed by atoms with E-state index in [9.17, 15) is 4.79 Å². The van der Waals surface area contributed by atoms with E-state index in [0.29, 0.717) is 5.78 Å². The highest BCUT2D eigenvalue weighted by Gasteiger charge is 2.42. The van der Waals surface area contributed by atoms with Crippen LogP contribution in [0, 0.1) is 0 Å². The summed E-state index contributed by atoms with van der Waals surface area (Å²) in [6, 6.07) is 2.51. The predicted octanol–water partition coefficient (Wildman–Crippen LogP) is 2.84. The maximum atomic E-state index is 11.3. The molecule has 0 saturated carbocycles. The van der Waals surface area contributed by atoms with Gasteiger partial charge in [0, 0.05) is 28.0 Å². The molecule has 0 atom stereocenters.